The Kier molecular flexibility index (Phi) is 5.51. The molecule has 0 amide bonds. The molecule has 0 saturated carbocycles. The quantitative estimate of drug-likeness (QED) is 0.629. The van der Waals surface area contributed by atoms with Gasteiger partial charge in [-0.25, -0.2) is 18.1 Å². The molecule has 0 radical (unpaired) electrons. The second-order valence-electron chi connectivity index (χ2n) is 4.23. The van der Waals surface area contributed by atoms with E-state index in [1.807, 2.05) is 10.8 Å². The van der Waals surface area contributed by atoms with E-state index in [1.54, 1.807) is 12.5 Å². The number of imidazole rings is 1. The van der Waals surface area contributed by atoms with Crippen molar-refractivity contribution in [3.63, 3.8) is 0 Å². The van der Waals surface area contributed by atoms with Gasteiger partial charge in [0.2, 0.25) is 10.0 Å². The van der Waals surface area contributed by atoms with Gasteiger partial charge in [0.25, 0.3) is 0 Å². The third-order valence-electron chi connectivity index (χ3n) is 2.73. The highest BCUT2D eigenvalue weighted by Gasteiger charge is 2.20. The highest BCUT2D eigenvalue weighted by molar-refractivity contribution is 7.89. The molecule has 1 aromatic carbocycles. The number of benzene rings is 1. The van der Waals surface area contributed by atoms with Gasteiger partial charge >= 0.3 is 0 Å². The number of halogens is 3. The predicted octanol–water partition coefficient (Wildman–Crippen LogP) is 3.21. The van der Waals surface area contributed by atoms with E-state index in [1.165, 1.54) is 12.1 Å². The Labute approximate surface area is 137 Å². The van der Waals surface area contributed by atoms with Crippen LogP contribution < -0.4 is 4.72 Å². The van der Waals surface area contributed by atoms with Crippen molar-refractivity contribution in [3.05, 3.63) is 45.9 Å². The topological polar surface area (TPSA) is 64.0 Å². The molecular formula is C12H12Cl3N3O2S. The molecule has 0 bridgehead atoms. The van der Waals surface area contributed by atoms with Crippen LogP contribution in [0.25, 0.3) is 0 Å². The molecule has 5 nitrogen and oxygen atoms in total. The van der Waals surface area contributed by atoms with Crippen molar-refractivity contribution in [1.82, 2.24) is 14.3 Å². The van der Waals surface area contributed by atoms with Crippen LogP contribution in [0.2, 0.25) is 15.1 Å². The van der Waals surface area contributed by atoms with E-state index >= 15 is 0 Å². The minimum absolute atomic E-state index is 0.0274. The highest BCUT2D eigenvalue weighted by Crippen LogP contribution is 2.34. The van der Waals surface area contributed by atoms with Crippen LogP contribution in [-0.4, -0.2) is 24.5 Å². The third kappa shape index (κ3) is 4.11. The summed E-state index contributed by atoms with van der Waals surface area (Å²) in [5.74, 6) is 0. The van der Waals surface area contributed by atoms with E-state index in [9.17, 15) is 8.42 Å². The highest BCUT2D eigenvalue weighted by atomic mass is 35.5. The second kappa shape index (κ2) is 6.98. The molecule has 0 aliphatic heterocycles. The zero-order valence-corrected chi connectivity index (χ0v) is 13.8. The van der Waals surface area contributed by atoms with Crippen LogP contribution in [0.5, 0.6) is 0 Å². The van der Waals surface area contributed by atoms with Crippen LogP contribution >= 0.6 is 34.8 Å². The van der Waals surface area contributed by atoms with Gasteiger partial charge in [0.15, 0.2) is 0 Å². The molecule has 0 fully saturated rings. The number of nitrogens with one attached hydrogen (secondary N) is 1. The molecule has 2 rings (SSSR count). The average Bonchev–Trinajstić information content (AvgIpc) is 2.94. The van der Waals surface area contributed by atoms with Crippen LogP contribution in [-0.2, 0) is 16.6 Å². The number of sulfonamides is 1. The van der Waals surface area contributed by atoms with Crippen molar-refractivity contribution >= 4 is 44.8 Å². The summed E-state index contributed by atoms with van der Waals surface area (Å²) in [4.78, 5) is 3.82. The number of rotatable bonds is 6. The normalized spacial score (nSPS) is 11.8. The molecule has 1 aromatic heterocycles. The molecule has 2 aromatic rings. The Morgan fingerprint density at radius 3 is 2.62 bits per heavy atom. The molecule has 0 unspecified atom stereocenters. The van der Waals surface area contributed by atoms with Gasteiger partial charge in [-0.15, -0.1) is 0 Å². The van der Waals surface area contributed by atoms with Crippen molar-refractivity contribution < 1.29 is 8.42 Å². The Bertz CT molecular complexity index is 718. The van der Waals surface area contributed by atoms with E-state index in [-0.39, 0.29) is 26.5 Å². The van der Waals surface area contributed by atoms with Gasteiger partial charge < -0.3 is 4.57 Å². The van der Waals surface area contributed by atoms with Gasteiger partial charge in [0.05, 0.1) is 21.4 Å². The Morgan fingerprint density at radius 2 is 1.95 bits per heavy atom. The van der Waals surface area contributed by atoms with Crippen LogP contribution in [0.15, 0.2) is 35.7 Å². The summed E-state index contributed by atoms with van der Waals surface area (Å²) in [5, 5.41) is 0.159. The Balaban J connectivity index is 2.00. The van der Waals surface area contributed by atoms with E-state index < -0.39 is 10.0 Å². The monoisotopic (exact) mass is 367 g/mol. The Morgan fingerprint density at radius 1 is 1.19 bits per heavy atom. The maximum atomic E-state index is 12.2. The minimum Gasteiger partial charge on any atom is -0.337 e. The van der Waals surface area contributed by atoms with Crippen molar-refractivity contribution in [2.75, 3.05) is 6.54 Å². The summed E-state index contributed by atoms with van der Waals surface area (Å²) in [6, 6.07) is 2.73. The fraction of sp³-hybridized carbons (Fsp3) is 0.250. The first-order chi connectivity index (χ1) is 9.92. The molecule has 114 valence electrons. The van der Waals surface area contributed by atoms with Crippen molar-refractivity contribution in [2.45, 2.75) is 17.9 Å². The lowest BCUT2D eigenvalue weighted by molar-refractivity contribution is 0.570. The summed E-state index contributed by atoms with van der Waals surface area (Å²) < 4.78 is 28.7. The summed E-state index contributed by atoms with van der Waals surface area (Å²) in [5.41, 5.74) is 0. The Hall–Kier alpha value is -0.790. The molecule has 0 spiro atoms. The number of nitrogens with zero attached hydrogens (tertiary/aromatic N) is 2. The van der Waals surface area contributed by atoms with Crippen LogP contribution in [0.4, 0.5) is 0 Å². The van der Waals surface area contributed by atoms with Crippen LogP contribution in [0, 0.1) is 0 Å². The number of hydrogen-bond acceptors (Lipinski definition) is 3. The minimum atomic E-state index is -3.72. The van der Waals surface area contributed by atoms with E-state index in [4.69, 9.17) is 34.8 Å². The predicted molar refractivity (Wildman–Crippen MR) is 83.5 cm³/mol. The second-order valence-corrected chi connectivity index (χ2v) is 7.12. The molecule has 1 heterocycles. The maximum absolute atomic E-state index is 12.2. The zero-order chi connectivity index (χ0) is 15.5. The van der Waals surface area contributed by atoms with Crippen molar-refractivity contribution in [3.8, 4) is 0 Å². The maximum Gasteiger partial charge on any atom is 0.242 e. The summed E-state index contributed by atoms with van der Waals surface area (Å²) in [7, 11) is -3.72. The van der Waals surface area contributed by atoms with E-state index in [0.717, 1.165) is 0 Å². The summed E-state index contributed by atoms with van der Waals surface area (Å²) in [6.07, 6.45) is 5.77. The van der Waals surface area contributed by atoms with Crippen LogP contribution in [0.1, 0.15) is 6.42 Å². The lowest BCUT2D eigenvalue weighted by Gasteiger charge is -2.10. The largest absolute Gasteiger partial charge is 0.337 e. The first kappa shape index (κ1) is 16.6. The summed E-state index contributed by atoms with van der Waals surface area (Å²) >= 11 is 17.6. The standard InChI is InChI=1S/C12H12Cl3N3O2S/c13-9-2-3-10(12(15)11(9)14)21(19,20)17-4-1-6-18-7-5-16-8-18/h2-3,5,7-8,17H,1,4,6H2. The van der Waals surface area contributed by atoms with E-state index in [2.05, 4.69) is 9.71 Å². The van der Waals surface area contributed by atoms with Gasteiger partial charge in [-0.3, -0.25) is 0 Å². The number of aryl methyl sites for hydroxylation is 1. The molecular weight excluding hydrogens is 357 g/mol. The molecule has 0 aliphatic carbocycles. The number of aromatic nitrogens is 2. The lowest BCUT2D eigenvalue weighted by atomic mass is 10.4. The third-order valence-corrected chi connectivity index (χ3v) is 5.64. The fourth-order valence-electron chi connectivity index (χ4n) is 1.68. The van der Waals surface area contributed by atoms with Gasteiger partial charge in [-0.1, -0.05) is 34.8 Å². The van der Waals surface area contributed by atoms with Gasteiger partial charge in [-0.2, -0.15) is 0 Å². The lowest BCUT2D eigenvalue weighted by Crippen LogP contribution is -2.25. The average molecular weight is 369 g/mol. The molecule has 21 heavy (non-hydrogen) atoms. The van der Waals surface area contributed by atoms with Gasteiger partial charge in [-0.05, 0) is 18.6 Å². The van der Waals surface area contributed by atoms with Crippen molar-refractivity contribution in [1.29, 1.82) is 0 Å². The zero-order valence-electron chi connectivity index (χ0n) is 10.8. The summed E-state index contributed by atoms with van der Waals surface area (Å²) in [6.45, 7) is 0.939. The fourth-order valence-corrected chi connectivity index (χ4v) is 3.73. The van der Waals surface area contributed by atoms with Gasteiger partial charge in [0.1, 0.15) is 4.90 Å². The first-order valence-electron chi connectivity index (χ1n) is 6.01. The number of hydrogen-bond donors (Lipinski definition) is 1. The van der Waals surface area contributed by atoms with Gasteiger partial charge in [0, 0.05) is 25.5 Å². The van der Waals surface area contributed by atoms with Crippen LogP contribution in [0.3, 0.4) is 0 Å². The van der Waals surface area contributed by atoms with E-state index in [0.29, 0.717) is 13.0 Å². The molecule has 0 saturated heterocycles. The first-order valence-corrected chi connectivity index (χ1v) is 8.62. The van der Waals surface area contributed by atoms with Crippen molar-refractivity contribution in [2.24, 2.45) is 0 Å². The SMILES string of the molecule is O=S(=O)(NCCCn1ccnc1)c1ccc(Cl)c(Cl)c1Cl. The smallest absolute Gasteiger partial charge is 0.242 e. The molecule has 0 atom stereocenters. The molecule has 9 heteroatoms. The molecule has 1 N–H and O–H groups in total. The molecule has 0 aliphatic rings.